The summed E-state index contributed by atoms with van der Waals surface area (Å²) in [6.07, 6.45) is 3.05. The molecule has 128 valence electrons. The summed E-state index contributed by atoms with van der Waals surface area (Å²) in [6.45, 7) is 3.66. The second-order valence-electron chi connectivity index (χ2n) is 5.31. The molecule has 6 heteroatoms. The molecule has 0 fully saturated rings. The van der Waals surface area contributed by atoms with Crippen LogP contribution in [-0.4, -0.2) is 37.1 Å². The van der Waals surface area contributed by atoms with Gasteiger partial charge in [0.1, 0.15) is 0 Å². The minimum absolute atomic E-state index is 0.156. The van der Waals surface area contributed by atoms with Crippen LogP contribution in [0, 0.1) is 5.92 Å². The third-order valence-corrected chi connectivity index (χ3v) is 3.78. The zero-order valence-electron chi connectivity index (χ0n) is 13.7. The second kappa shape index (κ2) is 8.29. The summed E-state index contributed by atoms with van der Waals surface area (Å²) in [6, 6.07) is 8.61. The number of ether oxygens (including phenoxy) is 2. The van der Waals surface area contributed by atoms with Gasteiger partial charge in [0.15, 0.2) is 5.92 Å². The van der Waals surface area contributed by atoms with Crippen LogP contribution in [0.1, 0.15) is 25.3 Å². The summed E-state index contributed by atoms with van der Waals surface area (Å²) >= 11 is 0. The molecular weight excluding hydrogens is 310 g/mol. The van der Waals surface area contributed by atoms with Crippen LogP contribution in [0.3, 0.4) is 0 Å². The Hall–Kier alpha value is -2.63. The van der Waals surface area contributed by atoms with Crippen LogP contribution in [0.15, 0.2) is 42.5 Å². The number of nitrogens with one attached hydrogen (secondary N) is 1. The lowest BCUT2D eigenvalue weighted by Crippen LogP contribution is -2.43. The fourth-order valence-corrected chi connectivity index (χ4v) is 2.80. The van der Waals surface area contributed by atoms with Gasteiger partial charge in [0.25, 0.3) is 0 Å². The zero-order valence-corrected chi connectivity index (χ0v) is 13.7. The standard InChI is InChI=1S/C18H21NO5/c1-3-23-17(21)16(18(22)24-4-2)15(12-8-6-5-7-9-12)13-10-11-14(20)19-13/h5-11,13,15-16H,3-4H2,1-2H3,(H,19,20)/t13-,15-/m0/s1. The maximum atomic E-state index is 12.5. The SMILES string of the molecule is CCOC(=O)C(C(=O)OCC)[C@@H](c1ccccc1)[C@@H]1C=CC(=O)N1. The number of hydrogen-bond donors (Lipinski definition) is 1. The summed E-state index contributed by atoms with van der Waals surface area (Å²) in [4.78, 5) is 36.5. The summed E-state index contributed by atoms with van der Waals surface area (Å²) in [5, 5.41) is 2.76. The third-order valence-electron chi connectivity index (χ3n) is 3.78. The molecule has 0 aromatic heterocycles. The first kappa shape index (κ1) is 17.7. The van der Waals surface area contributed by atoms with Gasteiger partial charge in [-0.1, -0.05) is 36.4 Å². The van der Waals surface area contributed by atoms with Crippen LogP contribution in [0.5, 0.6) is 0 Å². The van der Waals surface area contributed by atoms with E-state index >= 15 is 0 Å². The van der Waals surface area contributed by atoms with Gasteiger partial charge >= 0.3 is 11.9 Å². The Morgan fingerprint density at radius 1 is 1.08 bits per heavy atom. The summed E-state index contributed by atoms with van der Waals surface area (Å²) in [5.74, 6) is -3.32. The Bertz CT molecular complexity index is 608. The number of rotatable bonds is 7. The Morgan fingerprint density at radius 2 is 1.67 bits per heavy atom. The van der Waals surface area contributed by atoms with Gasteiger partial charge in [-0.2, -0.15) is 0 Å². The molecule has 0 radical (unpaired) electrons. The lowest BCUT2D eigenvalue weighted by atomic mass is 9.80. The molecule has 0 aliphatic carbocycles. The van der Waals surface area contributed by atoms with E-state index in [-0.39, 0.29) is 19.1 Å². The van der Waals surface area contributed by atoms with E-state index < -0.39 is 29.8 Å². The van der Waals surface area contributed by atoms with Gasteiger partial charge in [0.2, 0.25) is 5.91 Å². The third kappa shape index (κ3) is 4.01. The predicted molar refractivity (Wildman–Crippen MR) is 87.0 cm³/mol. The fraction of sp³-hybridized carbons (Fsp3) is 0.389. The van der Waals surface area contributed by atoms with Crippen LogP contribution in [0.2, 0.25) is 0 Å². The fourth-order valence-electron chi connectivity index (χ4n) is 2.80. The van der Waals surface area contributed by atoms with E-state index in [4.69, 9.17) is 9.47 Å². The molecule has 1 aromatic rings. The van der Waals surface area contributed by atoms with Crippen LogP contribution in [0.4, 0.5) is 0 Å². The highest BCUT2D eigenvalue weighted by atomic mass is 16.6. The van der Waals surface area contributed by atoms with Crippen molar-refractivity contribution in [2.24, 2.45) is 5.92 Å². The number of esters is 2. The van der Waals surface area contributed by atoms with Crippen molar-refractivity contribution in [1.82, 2.24) is 5.32 Å². The molecule has 1 aliphatic rings. The number of benzene rings is 1. The van der Waals surface area contributed by atoms with Gasteiger partial charge in [-0.3, -0.25) is 14.4 Å². The smallest absolute Gasteiger partial charge is 0.321 e. The molecule has 0 saturated carbocycles. The van der Waals surface area contributed by atoms with E-state index in [9.17, 15) is 14.4 Å². The van der Waals surface area contributed by atoms with Crippen molar-refractivity contribution in [3.63, 3.8) is 0 Å². The van der Waals surface area contributed by atoms with Crippen molar-refractivity contribution in [2.45, 2.75) is 25.8 Å². The Morgan fingerprint density at radius 3 is 2.12 bits per heavy atom. The van der Waals surface area contributed by atoms with Crippen molar-refractivity contribution in [3.8, 4) is 0 Å². The van der Waals surface area contributed by atoms with E-state index in [1.54, 1.807) is 19.9 Å². The summed E-state index contributed by atoms with van der Waals surface area (Å²) < 4.78 is 10.2. The quantitative estimate of drug-likeness (QED) is 0.606. The molecule has 0 spiro atoms. The van der Waals surface area contributed by atoms with Crippen LogP contribution >= 0.6 is 0 Å². The van der Waals surface area contributed by atoms with Crippen LogP contribution < -0.4 is 5.32 Å². The highest BCUT2D eigenvalue weighted by Crippen LogP contribution is 2.32. The molecule has 2 atom stereocenters. The molecule has 1 heterocycles. The van der Waals surface area contributed by atoms with E-state index in [1.807, 2.05) is 30.3 Å². The molecular formula is C18H21NO5. The van der Waals surface area contributed by atoms with Crippen molar-refractivity contribution in [3.05, 3.63) is 48.0 Å². The van der Waals surface area contributed by atoms with Gasteiger partial charge in [0.05, 0.1) is 19.3 Å². The molecule has 24 heavy (non-hydrogen) atoms. The number of carbonyl (C=O) groups excluding carboxylic acids is 3. The van der Waals surface area contributed by atoms with Gasteiger partial charge in [-0.05, 0) is 19.4 Å². The van der Waals surface area contributed by atoms with Crippen LogP contribution in [-0.2, 0) is 23.9 Å². The molecule has 0 saturated heterocycles. The molecule has 2 rings (SSSR count). The van der Waals surface area contributed by atoms with Crippen molar-refractivity contribution >= 4 is 17.8 Å². The molecule has 1 aliphatic heterocycles. The first-order valence-corrected chi connectivity index (χ1v) is 7.95. The highest BCUT2D eigenvalue weighted by molar-refractivity contribution is 5.97. The molecule has 0 bridgehead atoms. The summed E-state index contributed by atoms with van der Waals surface area (Å²) in [5.41, 5.74) is 0.750. The number of carbonyl (C=O) groups is 3. The second-order valence-corrected chi connectivity index (χ2v) is 5.31. The molecule has 6 nitrogen and oxygen atoms in total. The van der Waals surface area contributed by atoms with Crippen molar-refractivity contribution in [2.75, 3.05) is 13.2 Å². The Balaban J connectivity index is 2.43. The first-order chi connectivity index (χ1) is 11.6. The Kier molecular flexibility index (Phi) is 6.12. The number of amides is 1. The van der Waals surface area contributed by atoms with Gasteiger partial charge in [-0.25, -0.2) is 0 Å². The first-order valence-electron chi connectivity index (χ1n) is 7.95. The Labute approximate surface area is 140 Å². The topological polar surface area (TPSA) is 81.7 Å². The highest BCUT2D eigenvalue weighted by Gasteiger charge is 2.43. The predicted octanol–water partition coefficient (Wildman–Crippen LogP) is 1.57. The van der Waals surface area contributed by atoms with Crippen molar-refractivity contribution in [1.29, 1.82) is 0 Å². The molecule has 1 N–H and O–H groups in total. The van der Waals surface area contributed by atoms with Crippen molar-refractivity contribution < 1.29 is 23.9 Å². The minimum atomic E-state index is -1.15. The minimum Gasteiger partial charge on any atom is -0.465 e. The average Bonchev–Trinajstić information content (AvgIpc) is 2.99. The zero-order chi connectivity index (χ0) is 17.5. The van der Waals surface area contributed by atoms with Gasteiger partial charge in [-0.15, -0.1) is 0 Å². The largest absolute Gasteiger partial charge is 0.465 e. The van der Waals surface area contributed by atoms with Crippen LogP contribution in [0.25, 0.3) is 0 Å². The average molecular weight is 331 g/mol. The van der Waals surface area contributed by atoms with E-state index in [0.717, 1.165) is 5.56 Å². The van der Waals surface area contributed by atoms with E-state index in [0.29, 0.717) is 0 Å². The van der Waals surface area contributed by atoms with Gasteiger partial charge < -0.3 is 14.8 Å². The lowest BCUT2D eigenvalue weighted by molar-refractivity contribution is -0.163. The molecule has 1 amide bonds. The van der Waals surface area contributed by atoms with E-state index in [2.05, 4.69) is 5.32 Å². The maximum Gasteiger partial charge on any atom is 0.321 e. The maximum absolute atomic E-state index is 12.5. The van der Waals surface area contributed by atoms with E-state index in [1.165, 1.54) is 6.08 Å². The normalized spacial score (nSPS) is 17.5. The molecule has 1 aromatic carbocycles. The molecule has 0 unspecified atom stereocenters. The number of hydrogen-bond acceptors (Lipinski definition) is 5. The van der Waals surface area contributed by atoms with Gasteiger partial charge in [0, 0.05) is 12.0 Å². The summed E-state index contributed by atoms with van der Waals surface area (Å²) in [7, 11) is 0. The monoisotopic (exact) mass is 331 g/mol. The lowest BCUT2D eigenvalue weighted by Gasteiger charge is -2.28.